The third-order valence-corrected chi connectivity index (χ3v) is 10.1. The van der Waals surface area contributed by atoms with Gasteiger partial charge in [0, 0.05) is 52.8 Å². The molecule has 0 N–H and O–H groups in total. The molecule has 210 valence electrons. The van der Waals surface area contributed by atoms with Gasteiger partial charge in [0.05, 0.1) is 22.4 Å². The second kappa shape index (κ2) is 9.36. The lowest BCUT2D eigenvalue weighted by molar-refractivity contribution is 0.669. The number of aromatic nitrogens is 3. The number of rotatable bonds is 3. The summed E-state index contributed by atoms with van der Waals surface area (Å²) in [4.78, 5) is 10.6. The average Bonchev–Trinajstić information content (AvgIpc) is 3.76. The number of hydrogen-bond acceptors (Lipinski definition) is 4. The average molecular weight is 594 g/mol. The zero-order valence-electron chi connectivity index (χ0n) is 23.9. The van der Waals surface area contributed by atoms with E-state index in [1.165, 1.54) is 20.2 Å². The van der Waals surface area contributed by atoms with Gasteiger partial charge in [-0.1, -0.05) is 103 Å². The first-order valence-corrected chi connectivity index (χ1v) is 15.8. The summed E-state index contributed by atoms with van der Waals surface area (Å²) in [6.45, 7) is 0. The Hall–Kier alpha value is -5.78. The van der Waals surface area contributed by atoms with Gasteiger partial charge in [-0.2, -0.15) is 0 Å². The number of fused-ring (bicyclic) bond motifs is 9. The van der Waals surface area contributed by atoms with Gasteiger partial charge in [-0.15, -0.1) is 11.3 Å². The fourth-order valence-corrected chi connectivity index (χ4v) is 8.01. The van der Waals surface area contributed by atoms with Crippen molar-refractivity contribution < 1.29 is 4.42 Å². The quantitative estimate of drug-likeness (QED) is 0.205. The fourth-order valence-electron chi connectivity index (χ4n) is 6.78. The second-order valence-corrected chi connectivity index (χ2v) is 12.5. The van der Waals surface area contributed by atoms with E-state index in [-0.39, 0.29) is 0 Å². The molecule has 4 aromatic heterocycles. The van der Waals surface area contributed by atoms with Crippen LogP contribution in [-0.4, -0.2) is 14.5 Å². The summed E-state index contributed by atoms with van der Waals surface area (Å²) < 4.78 is 11.0. The predicted octanol–water partition coefficient (Wildman–Crippen LogP) is 11.2. The first-order chi connectivity index (χ1) is 22.3. The number of benzene rings is 6. The second-order valence-electron chi connectivity index (χ2n) is 11.4. The van der Waals surface area contributed by atoms with Crippen LogP contribution in [0.2, 0.25) is 0 Å². The van der Waals surface area contributed by atoms with Gasteiger partial charge in [0.25, 0.3) is 0 Å². The Bertz CT molecular complexity index is 2770. The number of para-hydroxylation sites is 2. The van der Waals surface area contributed by atoms with Crippen LogP contribution in [0.1, 0.15) is 0 Å². The van der Waals surface area contributed by atoms with Crippen LogP contribution in [0.3, 0.4) is 0 Å². The molecule has 4 nitrogen and oxygen atoms in total. The number of nitrogens with zero attached hydrogens (tertiary/aromatic N) is 3. The number of thiophene rings is 1. The molecule has 0 aliphatic heterocycles. The van der Waals surface area contributed by atoms with Gasteiger partial charge in [0.1, 0.15) is 11.2 Å². The SMILES string of the molecule is c1ccc(-c2cc(-c3cccc4c3sc3ccccc34)nc(-n3c4ccccc4c4cc5oc6ccccc6c5cc43)n2)cc1. The Balaban J connectivity index is 1.31. The van der Waals surface area contributed by atoms with E-state index in [2.05, 4.69) is 126 Å². The number of hydrogen-bond donors (Lipinski definition) is 0. The molecule has 4 heterocycles. The molecule has 5 heteroatoms. The molecule has 45 heavy (non-hydrogen) atoms. The highest BCUT2D eigenvalue weighted by Crippen LogP contribution is 2.41. The number of furan rings is 1. The predicted molar refractivity (Wildman–Crippen MR) is 187 cm³/mol. The maximum absolute atomic E-state index is 6.30. The van der Waals surface area contributed by atoms with Crippen molar-refractivity contribution in [1.82, 2.24) is 14.5 Å². The summed E-state index contributed by atoms with van der Waals surface area (Å²) in [7, 11) is 0. The molecule has 0 radical (unpaired) electrons. The van der Waals surface area contributed by atoms with Gasteiger partial charge in [-0.05, 0) is 36.4 Å². The van der Waals surface area contributed by atoms with Gasteiger partial charge < -0.3 is 4.42 Å². The van der Waals surface area contributed by atoms with E-state index in [0.717, 1.165) is 66.3 Å². The third kappa shape index (κ3) is 3.65. The van der Waals surface area contributed by atoms with Gasteiger partial charge >= 0.3 is 0 Å². The van der Waals surface area contributed by atoms with E-state index >= 15 is 0 Å². The van der Waals surface area contributed by atoms with Crippen molar-refractivity contribution in [2.75, 3.05) is 0 Å². The van der Waals surface area contributed by atoms with E-state index in [9.17, 15) is 0 Å². The van der Waals surface area contributed by atoms with Crippen LogP contribution in [0.4, 0.5) is 0 Å². The highest BCUT2D eigenvalue weighted by Gasteiger charge is 2.20. The molecular weight excluding hydrogens is 571 g/mol. The topological polar surface area (TPSA) is 43.9 Å². The molecule has 10 rings (SSSR count). The normalized spacial score (nSPS) is 12.0. The van der Waals surface area contributed by atoms with E-state index in [4.69, 9.17) is 14.4 Å². The smallest absolute Gasteiger partial charge is 0.235 e. The summed E-state index contributed by atoms with van der Waals surface area (Å²) in [5.74, 6) is 0.641. The molecule has 10 aromatic rings. The zero-order chi connectivity index (χ0) is 29.5. The molecule has 0 fully saturated rings. The summed E-state index contributed by atoms with van der Waals surface area (Å²) in [5, 5.41) is 6.95. The van der Waals surface area contributed by atoms with Gasteiger partial charge in [-0.25, -0.2) is 9.97 Å². The Morgan fingerprint density at radius 3 is 2.13 bits per heavy atom. The Kier molecular flexibility index (Phi) is 5.12. The summed E-state index contributed by atoms with van der Waals surface area (Å²) in [5.41, 5.74) is 7.81. The van der Waals surface area contributed by atoms with Crippen LogP contribution in [0, 0.1) is 0 Å². The molecule has 0 atom stereocenters. The van der Waals surface area contributed by atoms with Crippen molar-refractivity contribution in [2.24, 2.45) is 0 Å². The molecule has 0 unspecified atom stereocenters. The lowest BCUT2D eigenvalue weighted by Crippen LogP contribution is -2.04. The van der Waals surface area contributed by atoms with Gasteiger partial charge in [0.2, 0.25) is 5.95 Å². The Morgan fingerprint density at radius 1 is 0.489 bits per heavy atom. The van der Waals surface area contributed by atoms with Crippen molar-refractivity contribution in [2.45, 2.75) is 0 Å². The van der Waals surface area contributed by atoms with Gasteiger partial charge in [0.15, 0.2) is 0 Å². The lowest BCUT2D eigenvalue weighted by atomic mass is 10.0. The molecule has 0 spiro atoms. The molecule has 0 bridgehead atoms. The molecule has 6 aromatic carbocycles. The van der Waals surface area contributed by atoms with Crippen LogP contribution in [0.25, 0.3) is 92.4 Å². The van der Waals surface area contributed by atoms with Crippen molar-refractivity contribution >= 4 is 75.3 Å². The van der Waals surface area contributed by atoms with Crippen LogP contribution in [-0.2, 0) is 0 Å². The van der Waals surface area contributed by atoms with E-state index < -0.39 is 0 Å². The minimum absolute atomic E-state index is 0.641. The zero-order valence-corrected chi connectivity index (χ0v) is 24.8. The maximum atomic E-state index is 6.30. The van der Waals surface area contributed by atoms with Crippen molar-refractivity contribution in [3.05, 3.63) is 140 Å². The minimum Gasteiger partial charge on any atom is -0.456 e. The van der Waals surface area contributed by atoms with Crippen molar-refractivity contribution in [1.29, 1.82) is 0 Å². The van der Waals surface area contributed by atoms with Crippen LogP contribution < -0.4 is 0 Å². The molecule has 0 aliphatic rings. The molecule has 0 amide bonds. The van der Waals surface area contributed by atoms with Crippen molar-refractivity contribution in [3.63, 3.8) is 0 Å². The van der Waals surface area contributed by atoms with Crippen LogP contribution in [0.5, 0.6) is 0 Å². The van der Waals surface area contributed by atoms with Crippen LogP contribution >= 0.6 is 11.3 Å². The molecular formula is C40H23N3OS. The molecule has 0 saturated carbocycles. The van der Waals surface area contributed by atoms with Crippen LogP contribution in [0.15, 0.2) is 144 Å². The Labute approximate surface area is 261 Å². The molecule has 0 saturated heterocycles. The first kappa shape index (κ1) is 24.6. The monoisotopic (exact) mass is 593 g/mol. The summed E-state index contributed by atoms with van der Waals surface area (Å²) >= 11 is 1.82. The van der Waals surface area contributed by atoms with E-state index in [1.807, 2.05) is 29.5 Å². The summed E-state index contributed by atoms with van der Waals surface area (Å²) in [6, 6.07) is 48.8. The maximum Gasteiger partial charge on any atom is 0.235 e. The largest absolute Gasteiger partial charge is 0.456 e. The fraction of sp³-hybridized carbons (Fsp3) is 0. The summed E-state index contributed by atoms with van der Waals surface area (Å²) in [6.07, 6.45) is 0. The first-order valence-electron chi connectivity index (χ1n) is 15.0. The highest BCUT2D eigenvalue weighted by atomic mass is 32.1. The highest BCUT2D eigenvalue weighted by molar-refractivity contribution is 7.26. The standard InChI is InChI=1S/C40H23N3OS/c1-2-11-24(12-3-1)32-23-33(29-17-10-16-28-27-15-6-9-20-38(27)45-39(28)29)42-40(41-32)43-34-18-7-4-13-25(34)30-22-37-31(21-35(30)43)26-14-5-8-19-36(26)44-37/h1-23H. The Morgan fingerprint density at radius 2 is 1.22 bits per heavy atom. The molecule has 0 aliphatic carbocycles. The van der Waals surface area contributed by atoms with E-state index in [0.29, 0.717) is 5.95 Å². The van der Waals surface area contributed by atoms with Gasteiger partial charge in [-0.3, -0.25) is 4.57 Å². The third-order valence-electron chi connectivity index (χ3n) is 8.84. The van der Waals surface area contributed by atoms with E-state index in [1.54, 1.807) is 0 Å². The lowest BCUT2D eigenvalue weighted by Gasteiger charge is -2.12. The minimum atomic E-state index is 0.641. The van der Waals surface area contributed by atoms with Crippen molar-refractivity contribution in [3.8, 4) is 28.5 Å².